The third-order valence-corrected chi connectivity index (χ3v) is 7.42. The molecule has 1 aliphatic heterocycles. The fraction of sp³-hybridized carbons (Fsp3) is 0.464. The first-order valence-corrected chi connectivity index (χ1v) is 12.5. The Morgan fingerprint density at radius 1 is 0.909 bits per heavy atom. The monoisotopic (exact) mass is 447 g/mol. The number of benzene rings is 2. The number of hydrogen-bond donors (Lipinski definition) is 1. The van der Waals surface area contributed by atoms with Crippen molar-refractivity contribution in [3.63, 3.8) is 0 Å². The number of fused-ring (bicyclic) bond motifs is 1. The summed E-state index contributed by atoms with van der Waals surface area (Å²) < 4.78 is 16.1. The van der Waals surface area contributed by atoms with Crippen molar-refractivity contribution < 1.29 is 9.18 Å². The third-order valence-electron chi connectivity index (χ3n) is 7.42. The zero-order valence-electron chi connectivity index (χ0n) is 19.3. The van der Waals surface area contributed by atoms with Crippen LogP contribution < -0.4 is 5.32 Å². The number of para-hydroxylation sites is 1. The van der Waals surface area contributed by atoms with E-state index in [-0.39, 0.29) is 17.6 Å². The van der Waals surface area contributed by atoms with Crippen LogP contribution >= 0.6 is 0 Å². The predicted octanol–water partition coefficient (Wildman–Crippen LogP) is 5.49. The quantitative estimate of drug-likeness (QED) is 0.543. The summed E-state index contributed by atoms with van der Waals surface area (Å²) in [4.78, 5) is 15.2. The lowest BCUT2D eigenvalue weighted by Crippen LogP contribution is -2.44. The summed E-state index contributed by atoms with van der Waals surface area (Å²) in [5, 5.41) is 4.53. The molecule has 33 heavy (non-hydrogen) atoms. The average Bonchev–Trinajstić information content (AvgIpc) is 3.17. The molecule has 1 saturated heterocycles. The van der Waals surface area contributed by atoms with E-state index in [0.29, 0.717) is 12.6 Å². The number of likely N-dealkylation sites (tertiary alicyclic amines) is 1. The maximum Gasteiger partial charge on any atom is 0.223 e. The molecule has 0 bridgehead atoms. The first kappa shape index (κ1) is 22.1. The van der Waals surface area contributed by atoms with Crippen LogP contribution in [0.2, 0.25) is 0 Å². The second-order valence-electron chi connectivity index (χ2n) is 9.80. The van der Waals surface area contributed by atoms with Crippen LogP contribution in [0.5, 0.6) is 0 Å². The van der Waals surface area contributed by atoms with Crippen molar-refractivity contribution in [2.45, 2.75) is 64.1 Å². The Bertz CT molecular complexity index is 1090. The lowest BCUT2D eigenvalue weighted by Gasteiger charge is -2.33. The zero-order chi connectivity index (χ0) is 22.6. The second-order valence-corrected chi connectivity index (χ2v) is 9.80. The summed E-state index contributed by atoms with van der Waals surface area (Å²) in [7, 11) is 0. The molecule has 2 heterocycles. The van der Waals surface area contributed by atoms with Crippen molar-refractivity contribution in [3.05, 3.63) is 71.7 Å². The second kappa shape index (κ2) is 10.1. The molecule has 1 amide bonds. The molecule has 1 aromatic heterocycles. The normalized spacial score (nSPS) is 18.6. The van der Waals surface area contributed by atoms with Gasteiger partial charge in [0.2, 0.25) is 5.91 Å². The number of piperidine rings is 1. The SMILES string of the molecule is O=C(NC1CCCCC1)C1CCN(Cc2cc3ccccc3n2Cc2cccc(F)c2)CC1. The van der Waals surface area contributed by atoms with Gasteiger partial charge in [0.25, 0.3) is 0 Å². The van der Waals surface area contributed by atoms with Crippen LogP contribution in [-0.4, -0.2) is 34.5 Å². The maximum atomic E-state index is 13.8. The first-order chi connectivity index (χ1) is 16.2. The number of nitrogens with one attached hydrogen (secondary N) is 1. The van der Waals surface area contributed by atoms with Gasteiger partial charge in [-0.15, -0.1) is 0 Å². The van der Waals surface area contributed by atoms with Crippen molar-refractivity contribution >= 4 is 16.8 Å². The number of amides is 1. The molecule has 2 fully saturated rings. The summed E-state index contributed by atoms with van der Waals surface area (Å²) in [6, 6.07) is 17.9. The fourth-order valence-electron chi connectivity index (χ4n) is 5.55. The number of carbonyl (C=O) groups is 1. The van der Waals surface area contributed by atoms with Crippen molar-refractivity contribution in [1.82, 2.24) is 14.8 Å². The lowest BCUT2D eigenvalue weighted by atomic mass is 9.92. The molecule has 0 unspecified atom stereocenters. The van der Waals surface area contributed by atoms with Gasteiger partial charge in [-0.25, -0.2) is 4.39 Å². The minimum absolute atomic E-state index is 0.140. The van der Waals surface area contributed by atoms with Gasteiger partial charge in [0, 0.05) is 36.3 Å². The minimum Gasteiger partial charge on any atom is -0.353 e. The molecule has 1 aliphatic carbocycles. The van der Waals surface area contributed by atoms with Gasteiger partial charge in [0.05, 0.1) is 0 Å². The highest BCUT2D eigenvalue weighted by Gasteiger charge is 2.27. The summed E-state index contributed by atoms with van der Waals surface area (Å²) in [6.07, 6.45) is 7.91. The molecule has 5 heteroatoms. The number of halogens is 1. The molecule has 174 valence electrons. The van der Waals surface area contributed by atoms with Gasteiger partial charge in [-0.2, -0.15) is 0 Å². The van der Waals surface area contributed by atoms with Crippen LogP contribution in [0, 0.1) is 11.7 Å². The van der Waals surface area contributed by atoms with E-state index >= 15 is 0 Å². The van der Waals surface area contributed by atoms with E-state index in [1.54, 1.807) is 12.1 Å². The summed E-state index contributed by atoms with van der Waals surface area (Å²) in [6.45, 7) is 3.37. The van der Waals surface area contributed by atoms with Gasteiger partial charge < -0.3 is 9.88 Å². The van der Waals surface area contributed by atoms with Crippen LogP contribution in [0.4, 0.5) is 4.39 Å². The van der Waals surface area contributed by atoms with Gasteiger partial charge >= 0.3 is 0 Å². The Balaban J connectivity index is 1.24. The largest absolute Gasteiger partial charge is 0.353 e. The predicted molar refractivity (Wildman–Crippen MR) is 130 cm³/mol. The van der Waals surface area contributed by atoms with E-state index in [9.17, 15) is 9.18 Å². The Kier molecular flexibility index (Phi) is 6.77. The Morgan fingerprint density at radius 3 is 2.48 bits per heavy atom. The van der Waals surface area contributed by atoms with Gasteiger partial charge in [-0.3, -0.25) is 9.69 Å². The fourth-order valence-corrected chi connectivity index (χ4v) is 5.55. The van der Waals surface area contributed by atoms with Crippen molar-refractivity contribution in [2.75, 3.05) is 13.1 Å². The molecule has 4 nitrogen and oxygen atoms in total. The highest BCUT2D eigenvalue weighted by Crippen LogP contribution is 2.26. The molecular weight excluding hydrogens is 413 g/mol. The Hall–Kier alpha value is -2.66. The van der Waals surface area contributed by atoms with Gasteiger partial charge in [0.1, 0.15) is 5.82 Å². The van der Waals surface area contributed by atoms with Gasteiger partial charge in [0.15, 0.2) is 0 Å². The topological polar surface area (TPSA) is 37.3 Å². The molecule has 3 aromatic rings. The highest BCUT2D eigenvalue weighted by molar-refractivity contribution is 5.81. The Labute approximate surface area is 195 Å². The Morgan fingerprint density at radius 2 is 1.70 bits per heavy atom. The lowest BCUT2D eigenvalue weighted by molar-refractivity contribution is -0.127. The number of nitrogens with zero attached hydrogens (tertiary/aromatic N) is 2. The molecule has 1 saturated carbocycles. The summed E-state index contributed by atoms with van der Waals surface area (Å²) >= 11 is 0. The number of carbonyl (C=O) groups excluding carboxylic acids is 1. The molecule has 0 radical (unpaired) electrons. The zero-order valence-corrected chi connectivity index (χ0v) is 19.3. The van der Waals surface area contributed by atoms with Crippen molar-refractivity contribution in [2.24, 2.45) is 5.92 Å². The molecule has 2 aliphatic rings. The van der Waals surface area contributed by atoms with Crippen LogP contribution in [0.15, 0.2) is 54.6 Å². The molecular formula is C28H34FN3O. The maximum absolute atomic E-state index is 13.8. The highest BCUT2D eigenvalue weighted by atomic mass is 19.1. The average molecular weight is 448 g/mol. The molecule has 2 aromatic carbocycles. The van der Waals surface area contributed by atoms with E-state index in [2.05, 4.69) is 45.1 Å². The first-order valence-electron chi connectivity index (χ1n) is 12.5. The molecule has 1 N–H and O–H groups in total. The van der Waals surface area contributed by atoms with Crippen LogP contribution in [0.25, 0.3) is 10.9 Å². The van der Waals surface area contributed by atoms with Crippen molar-refractivity contribution in [1.29, 1.82) is 0 Å². The van der Waals surface area contributed by atoms with Crippen LogP contribution in [-0.2, 0) is 17.9 Å². The smallest absolute Gasteiger partial charge is 0.223 e. The van der Waals surface area contributed by atoms with E-state index in [0.717, 1.165) is 50.9 Å². The minimum atomic E-state index is -0.195. The van der Waals surface area contributed by atoms with E-state index in [4.69, 9.17) is 0 Å². The standard InChI is InChI=1S/C28H34FN3O/c29-24-9-6-7-21(17-24)19-32-26(18-23-8-4-5-12-27(23)32)20-31-15-13-22(14-16-31)28(33)30-25-10-2-1-3-11-25/h4-9,12,17-18,22,25H,1-3,10-11,13-16,19-20H2,(H,30,33). The molecule has 5 rings (SSSR count). The number of aromatic nitrogens is 1. The summed E-state index contributed by atoms with van der Waals surface area (Å²) in [5.41, 5.74) is 3.39. The summed E-state index contributed by atoms with van der Waals surface area (Å²) in [5.74, 6) is 0.210. The number of hydrogen-bond acceptors (Lipinski definition) is 2. The van der Waals surface area contributed by atoms with Crippen LogP contribution in [0.3, 0.4) is 0 Å². The third kappa shape index (κ3) is 5.30. The van der Waals surface area contributed by atoms with Crippen LogP contribution in [0.1, 0.15) is 56.2 Å². The van der Waals surface area contributed by atoms with E-state index < -0.39 is 0 Å². The molecule has 0 spiro atoms. The van der Waals surface area contributed by atoms with Gasteiger partial charge in [-0.1, -0.05) is 49.6 Å². The molecule has 0 atom stereocenters. The van der Waals surface area contributed by atoms with Crippen molar-refractivity contribution in [3.8, 4) is 0 Å². The van der Waals surface area contributed by atoms with E-state index in [1.165, 1.54) is 41.9 Å². The number of rotatable bonds is 6. The van der Waals surface area contributed by atoms with E-state index in [1.807, 2.05) is 6.07 Å². The van der Waals surface area contributed by atoms with Gasteiger partial charge in [-0.05, 0) is 74.0 Å².